The molecule has 4 aromatic heterocycles. The number of hydrogen-bond acceptors (Lipinski definition) is 5. The zero-order valence-electron chi connectivity index (χ0n) is 23.3. The van der Waals surface area contributed by atoms with Crippen LogP contribution in [0.1, 0.15) is 55.8 Å². The van der Waals surface area contributed by atoms with E-state index in [0.717, 1.165) is 83.9 Å². The number of pyridine rings is 2. The van der Waals surface area contributed by atoms with Gasteiger partial charge >= 0.3 is 0 Å². The Morgan fingerprint density at radius 2 is 1.90 bits per heavy atom. The van der Waals surface area contributed by atoms with Crippen LogP contribution >= 0.6 is 0 Å². The first-order valence-corrected chi connectivity index (χ1v) is 15.1. The van der Waals surface area contributed by atoms with Crippen molar-refractivity contribution >= 4 is 28.1 Å². The van der Waals surface area contributed by atoms with E-state index in [2.05, 4.69) is 33.1 Å². The molecule has 4 aromatic rings. The SMILES string of the molecule is COC1(C)CC(Cn2c(-c3cc4cccnc4n3CC3CC3)nc3cc(C(=O)N4C[C@H]5CC6C[C@@H]4[C@H]65)cnc32)C1. The maximum Gasteiger partial charge on any atom is 0.255 e. The Balaban J connectivity index is 1.14. The zero-order valence-corrected chi connectivity index (χ0v) is 23.3. The van der Waals surface area contributed by atoms with Gasteiger partial charge in [-0.1, -0.05) is 0 Å². The number of carbonyl (C=O) groups is 1. The smallest absolute Gasteiger partial charge is 0.255 e. The van der Waals surface area contributed by atoms with E-state index in [1.165, 1.54) is 25.7 Å². The van der Waals surface area contributed by atoms with E-state index in [4.69, 9.17) is 19.7 Å². The van der Waals surface area contributed by atoms with Crippen molar-refractivity contribution in [3.63, 3.8) is 0 Å². The van der Waals surface area contributed by atoms with Gasteiger partial charge in [-0.15, -0.1) is 0 Å². The Hall–Kier alpha value is -3.26. The van der Waals surface area contributed by atoms with Crippen LogP contribution in [-0.4, -0.2) is 60.2 Å². The summed E-state index contributed by atoms with van der Waals surface area (Å²) in [5.74, 6) is 4.60. The van der Waals surface area contributed by atoms with Crippen molar-refractivity contribution in [1.29, 1.82) is 0 Å². The highest BCUT2D eigenvalue weighted by atomic mass is 16.5. The van der Waals surface area contributed by atoms with Gasteiger partial charge in [0.15, 0.2) is 11.5 Å². The second-order valence-corrected chi connectivity index (χ2v) is 13.6. The molecule has 5 fully saturated rings. The third kappa shape index (κ3) is 3.34. The van der Waals surface area contributed by atoms with Gasteiger partial charge in [0.05, 0.1) is 16.9 Å². The van der Waals surface area contributed by atoms with E-state index in [1.807, 2.05) is 25.4 Å². The summed E-state index contributed by atoms with van der Waals surface area (Å²) in [4.78, 5) is 30.7. The summed E-state index contributed by atoms with van der Waals surface area (Å²) < 4.78 is 10.4. The summed E-state index contributed by atoms with van der Waals surface area (Å²) >= 11 is 0. The number of methoxy groups -OCH3 is 1. The topological polar surface area (TPSA) is 78.1 Å². The minimum atomic E-state index is -0.0469. The quantitative estimate of drug-likeness (QED) is 0.326. The summed E-state index contributed by atoms with van der Waals surface area (Å²) in [5.41, 5.74) is 4.40. The molecule has 1 saturated heterocycles. The van der Waals surface area contributed by atoms with Crippen LogP contribution in [0.2, 0.25) is 0 Å². The standard InChI is InChI=1S/C32H36N6O2/c1-32(40-2)12-19(13-32)16-38-29-24(9-22(14-34-29)31(39)37-17-23-8-21-11-25(37)27(21)23)35-30(38)26-10-20-4-3-7-33-28(20)36(26)15-18-5-6-18/h3-4,7,9-10,14,18-19,21,23,25,27H,5-6,8,11-13,15-17H2,1-2H3/t19?,21?,23-,25-,27-,32?/m1/s1. The lowest BCUT2D eigenvalue weighted by Crippen LogP contribution is -2.53. The van der Waals surface area contributed by atoms with Crippen molar-refractivity contribution in [3.8, 4) is 11.5 Å². The molecule has 0 aromatic carbocycles. The number of ether oxygens (including phenoxy) is 1. The summed E-state index contributed by atoms with van der Waals surface area (Å²) in [5, 5.41) is 1.14. The molecule has 5 aliphatic rings. The van der Waals surface area contributed by atoms with E-state index in [-0.39, 0.29) is 11.5 Å². The van der Waals surface area contributed by atoms with Crippen LogP contribution in [0.3, 0.4) is 0 Å². The average molecular weight is 537 g/mol. The second-order valence-electron chi connectivity index (χ2n) is 13.6. The molecule has 1 aliphatic heterocycles. The predicted octanol–water partition coefficient (Wildman–Crippen LogP) is 5.15. The van der Waals surface area contributed by atoms with Gasteiger partial charge in [-0.2, -0.15) is 0 Å². The Bertz CT molecular complexity index is 1680. The first kappa shape index (κ1) is 23.4. The number of carbonyl (C=O) groups excluding carboxylic acids is 1. The number of likely N-dealkylation sites (tertiary alicyclic amines) is 1. The van der Waals surface area contributed by atoms with Gasteiger partial charge < -0.3 is 18.8 Å². The van der Waals surface area contributed by atoms with Crippen LogP contribution < -0.4 is 0 Å². The van der Waals surface area contributed by atoms with Crippen LogP contribution in [-0.2, 0) is 17.8 Å². The molecule has 0 spiro atoms. The molecule has 4 aliphatic carbocycles. The van der Waals surface area contributed by atoms with Crippen molar-refractivity contribution in [2.75, 3.05) is 13.7 Å². The van der Waals surface area contributed by atoms with Gasteiger partial charge in [-0.25, -0.2) is 15.0 Å². The van der Waals surface area contributed by atoms with Gasteiger partial charge in [0.25, 0.3) is 5.91 Å². The molecule has 4 saturated carbocycles. The number of imidazole rings is 1. The fraction of sp³-hybridized carbons (Fsp3) is 0.562. The maximum absolute atomic E-state index is 13.7. The Labute approximate surface area is 233 Å². The minimum Gasteiger partial charge on any atom is -0.379 e. The molecule has 0 N–H and O–H groups in total. The molecule has 8 nitrogen and oxygen atoms in total. The van der Waals surface area contributed by atoms with E-state index in [1.54, 1.807) is 6.20 Å². The van der Waals surface area contributed by atoms with Gasteiger partial charge in [0, 0.05) is 50.6 Å². The largest absolute Gasteiger partial charge is 0.379 e. The molecule has 40 heavy (non-hydrogen) atoms. The van der Waals surface area contributed by atoms with E-state index >= 15 is 0 Å². The predicted molar refractivity (Wildman–Crippen MR) is 152 cm³/mol. The lowest BCUT2D eigenvalue weighted by atomic mass is 9.53. The molecule has 1 unspecified atom stereocenters. The highest BCUT2D eigenvalue weighted by Crippen LogP contribution is 2.60. The van der Waals surface area contributed by atoms with Crippen molar-refractivity contribution in [3.05, 3.63) is 42.2 Å². The average Bonchev–Trinajstić information content (AvgIpc) is 3.59. The van der Waals surface area contributed by atoms with Gasteiger partial charge in [0.1, 0.15) is 11.2 Å². The highest BCUT2D eigenvalue weighted by Gasteiger charge is 2.61. The molecule has 9 rings (SSSR count). The Morgan fingerprint density at radius 3 is 2.67 bits per heavy atom. The summed E-state index contributed by atoms with van der Waals surface area (Å²) in [7, 11) is 1.81. The van der Waals surface area contributed by atoms with Crippen LogP contribution in [0, 0.1) is 29.6 Å². The number of amides is 1. The number of fused-ring (bicyclic) bond motifs is 2. The maximum atomic E-state index is 13.7. The second kappa shape index (κ2) is 8.15. The van der Waals surface area contributed by atoms with Gasteiger partial charge in [-0.05, 0) is 99.3 Å². The third-order valence-corrected chi connectivity index (χ3v) is 11.0. The number of nitrogens with zero attached hydrogens (tertiary/aromatic N) is 6. The molecule has 5 heterocycles. The monoisotopic (exact) mass is 536 g/mol. The van der Waals surface area contributed by atoms with Crippen LogP contribution in [0.4, 0.5) is 0 Å². The molecule has 8 heteroatoms. The minimum absolute atomic E-state index is 0.0469. The zero-order chi connectivity index (χ0) is 26.7. The van der Waals surface area contributed by atoms with Crippen molar-refractivity contribution in [2.45, 2.75) is 70.2 Å². The van der Waals surface area contributed by atoms with E-state index < -0.39 is 0 Å². The first-order valence-electron chi connectivity index (χ1n) is 15.1. The lowest BCUT2D eigenvalue weighted by molar-refractivity contribution is -0.0937. The normalized spacial score (nSPS) is 32.1. The molecular weight excluding hydrogens is 500 g/mol. The Morgan fingerprint density at radius 1 is 1.05 bits per heavy atom. The Kier molecular flexibility index (Phi) is 4.78. The first-order chi connectivity index (χ1) is 19.5. The molecule has 4 atom stereocenters. The molecule has 206 valence electrons. The molecule has 1 amide bonds. The van der Waals surface area contributed by atoms with Crippen LogP contribution in [0.25, 0.3) is 33.7 Å². The third-order valence-electron chi connectivity index (χ3n) is 11.0. The fourth-order valence-electron chi connectivity index (χ4n) is 8.59. The number of rotatable bonds is 7. The van der Waals surface area contributed by atoms with Crippen molar-refractivity contribution in [1.82, 2.24) is 29.0 Å². The van der Waals surface area contributed by atoms with Crippen LogP contribution in [0.5, 0.6) is 0 Å². The van der Waals surface area contributed by atoms with E-state index in [0.29, 0.717) is 23.4 Å². The number of aromatic nitrogens is 5. The lowest BCUT2D eigenvalue weighted by Gasteiger charge is -2.52. The summed E-state index contributed by atoms with van der Waals surface area (Å²) in [6.07, 6.45) is 10.7. The highest BCUT2D eigenvalue weighted by molar-refractivity contribution is 5.97. The van der Waals surface area contributed by atoms with E-state index in [9.17, 15) is 4.79 Å². The summed E-state index contributed by atoms with van der Waals surface area (Å²) in [6.45, 7) is 4.90. The molecular formula is C32H36N6O2. The molecule has 0 bridgehead atoms. The van der Waals surface area contributed by atoms with Gasteiger partial charge in [-0.3, -0.25) is 4.79 Å². The van der Waals surface area contributed by atoms with Gasteiger partial charge in [0.2, 0.25) is 0 Å². The van der Waals surface area contributed by atoms with Crippen molar-refractivity contribution < 1.29 is 9.53 Å². The number of hydrogen-bond donors (Lipinski definition) is 0. The fourth-order valence-corrected chi connectivity index (χ4v) is 8.59. The van der Waals surface area contributed by atoms with Crippen molar-refractivity contribution in [2.24, 2.45) is 29.6 Å². The summed E-state index contributed by atoms with van der Waals surface area (Å²) in [6, 6.07) is 8.82. The van der Waals surface area contributed by atoms with Crippen LogP contribution in [0.15, 0.2) is 36.7 Å². The molecule has 0 radical (unpaired) electrons.